The van der Waals surface area contributed by atoms with E-state index in [1.165, 1.54) is 0 Å². The second-order valence-corrected chi connectivity index (χ2v) is 6.34. The number of hydrogen-bond acceptors (Lipinski definition) is 4. The maximum Gasteiger partial charge on any atom is 0.158 e. The van der Waals surface area contributed by atoms with Crippen molar-refractivity contribution < 1.29 is 14.3 Å². The lowest BCUT2D eigenvalue weighted by Gasteiger charge is -2.10. The summed E-state index contributed by atoms with van der Waals surface area (Å²) in [4.78, 5) is 22.4. The van der Waals surface area contributed by atoms with Gasteiger partial charge in [-0.2, -0.15) is 0 Å². The molecule has 0 saturated carbocycles. The summed E-state index contributed by atoms with van der Waals surface area (Å²) in [6.07, 6.45) is 18.0. The van der Waals surface area contributed by atoms with Gasteiger partial charge in [0.2, 0.25) is 0 Å². The van der Waals surface area contributed by atoms with Gasteiger partial charge >= 0.3 is 0 Å². The lowest BCUT2D eigenvalue weighted by molar-refractivity contribution is -0.117. The largest absolute Gasteiger partial charge is 0.497 e. The summed E-state index contributed by atoms with van der Waals surface area (Å²) in [5.74, 6) is 0.799. The normalized spacial score (nSPS) is 12.7. The Morgan fingerprint density at radius 3 is 2.00 bits per heavy atom. The van der Waals surface area contributed by atoms with Crippen LogP contribution in [0.2, 0.25) is 0 Å². The van der Waals surface area contributed by atoms with Gasteiger partial charge in [0, 0.05) is 18.7 Å². The van der Waals surface area contributed by atoms with E-state index >= 15 is 0 Å². The zero-order valence-electron chi connectivity index (χ0n) is 20.4. The standard InChI is InChI=1S/C15H23NO2.C9H12O.C3H6/c1-6-13(16-4)11-12(3)15(17)10-8-9-14(7-2)18-5;1-4-5-6-7-8(2)9(3)10;1-3-2/h6-10,12,16H,2,11H2,1,3-5H3;4-7H,1H2,2-3H3;3H,1H2,2H3/b10-8+,13-6-,14-9+;6-5-,8-7+;. The third-order valence-electron chi connectivity index (χ3n) is 3.79. The van der Waals surface area contributed by atoms with Crippen LogP contribution in [0.4, 0.5) is 0 Å². The molecule has 0 aliphatic heterocycles. The summed E-state index contributed by atoms with van der Waals surface area (Å²) < 4.78 is 5.00. The van der Waals surface area contributed by atoms with Crippen molar-refractivity contribution in [1.82, 2.24) is 5.32 Å². The van der Waals surface area contributed by atoms with Gasteiger partial charge < -0.3 is 10.1 Å². The van der Waals surface area contributed by atoms with Crippen LogP contribution in [0.15, 0.2) is 97.5 Å². The van der Waals surface area contributed by atoms with E-state index in [4.69, 9.17) is 4.74 Å². The molecule has 0 aromatic rings. The fourth-order valence-corrected chi connectivity index (χ4v) is 1.81. The van der Waals surface area contributed by atoms with Crippen molar-refractivity contribution in [3.8, 4) is 0 Å². The second-order valence-electron chi connectivity index (χ2n) is 6.34. The summed E-state index contributed by atoms with van der Waals surface area (Å²) >= 11 is 0. The zero-order valence-corrected chi connectivity index (χ0v) is 20.4. The molecule has 4 heteroatoms. The van der Waals surface area contributed by atoms with Crippen molar-refractivity contribution in [2.75, 3.05) is 14.2 Å². The first kappa shape index (κ1) is 32.5. The smallest absolute Gasteiger partial charge is 0.158 e. The van der Waals surface area contributed by atoms with E-state index < -0.39 is 0 Å². The number of ketones is 2. The summed E-state index contributed by atoms with van der Waals surface area (Å²) in [5.41, 5.74) is 1.83. The molecular formula is C27H41NO3. The maximum absolute atomic E-state index is 11.8. The van der Waals surface area contributed by atoms with Crippen molar-refractivity contribution in [2.45, 2.75) is 41.0 Å². The van der Waals surface area contributed by atoms with E-state index in [1.807, 2.05) is 33.9 Å². The van der Waals surface area contributed by atoms with Crippen LogP contribution in [0.25, 0.3) is 0 Å². The van der Waals surface area contributed by atoms with Gasteiger partial charge in [0.1, 0.15) is 5.76 Å². The molecule has 0 radical (unpaired) electrons. The monoisotopic (exact) mass is 427 g/mol. The van der Waals surface area contributed by atoms with Gasteiger partial charge in [-0.25, -0.2) is 0 Å². The molecule has 0 amide bonds. The van der Waals surface area contributed by atoms with Crippen LogP contribution in [0.5, 0.6) is 0 Å². The molecule has 1 atom stereocenters. The summed E-state index contributed by atoms with van der Waals surface area (Å²) in [6, 6.07) is 0. The van der Waals surface area contributed by atoms with Crippen molar-refractivity contribution in [3.05, 3.63) is 97.5 Å². The molecule has 31 heavy (non-hydrogen) atoms. The highest BCUT2D eigenvalue weighted by molar-refractivity contribution is 5.93. The van der Waals surface area contributed by atoms with E-state index in [0.717, 1.165) is 17.7 Å². The number of methoxy groups -OCH3 is 1. The highest BCUT2D eigenvalue weighted by atomic mass is 16.5. The lowest BCUT2D eigenvalue weighted by Crippen LogP contribution is -2.14. The topological polar surface area (TPSA) is 55.4 Å². The highest BCUT2D eigenvalue weighted by Crippen LogP contribution is 2.10. The number of Topliss-reactive ketones (excluding diaryl/α,β-unsaturated/α-hetero) is 1. The Hall–Kier alpha value is -3.14. The molecule has 1 unspecified atom stereocenters. The summed E-state index contributed by atoms with van der Waals surface area (Å²) in [7, 11) is 3.43. The fraction of sp³-hybridized carbons (Fsp3) is 0.333. The third-order valence-corrected chi connectivity index (χ3v) is 3.79. The molecular weight excluding hydrogens is 386 g/mol. The Balaban J connectivity index is -0.000000506. The Kier molecular flexibility index (Phi) is 24.3. The molecule has 0 aliphatic carbocycles. The van der Waals surface area contributed by atoms with Crippen molar-refractivity contribution in [2.24, 2.45) is 5.92 Å². The number of carbonyl (C=O) groups excluding carboxylic acids is 2. The van der Waals surface area contributed by atoms with Crippen LogP contribution in [0.1, 0.15) is 41.0 Å². The third kappa shape index (κ3) is 21.4. The molecule has 0 saturated heterocycles. The number of rotatable bonds is 11. The van der Waals surface area contributed by atoms with Crippen LogP contribution >= 0.6 is 0 Å². The molecule has 0 aromatic carbocycles. The number of hydrogen-bond donors (Lipinski definition) is 1. The molecule has 0 fully saturated rings. The predicted molar refractivity (Wildman–Crippen MR) is 136 cm³/mol. The zero-order chi connectivity index (χ0) is 24.7. The average molecular weight is 428 g/mol. The minimum Gasteiger partial charge on any atom is -0.497 e. The Bertz CT molecular complexity index is 704. The van der Waals surface area contributed by atoms with Gasteiger partial charge in [-0.05, 0) is 57.9 Å². The van der Waals surface area contributed by atoms with E-state index in [1.54, 1.807) is 75.6 Å². The van der Waals surface area contributed by atoms with Gasteiger partial charge in [-0.1, -0.05) is 62.6 Å². The summed E-state index contributed by atoms with van der Waals surface area (Å²) in [6.45, 7) is 19.6. The Labute approximate surface area is 190 Å². The molecule has 0 rings (SSSR count). The number of nitrogens with one attached hydrogen (secondary N) is 1. The summed E-state index contributed by atoms with van der Waals surface area (Å²) in [5, 5.41) is 3.07. The van der Waals surface area contributed by atoms with Crippen LogP contribution in [0.3, 0.4) is 0 Å². The Morgan fingerprint density at radius 1 is 1.03 bits per heavy atom. The molecule has 172 valence electrons. The van der Waals surface area contributed by atoms with E-state index in [0.29, 0.717) is 5.76 Å². The van der Waals surface area contributed by atoms with Gasteiger partial charge in [0.05, 0.1) is 7.11 Å². The van der Waals surface area contributed by atoms with Crippen molar-refractivity contribution in [1.29, 1.82) is 0 Å². The van der Waals surface area contributed by atoms with Crippen molar-refractivity contribution >= 4 is 11.6 Å². The first-order chi connectivity index (χ1) is 14.7. The van der Waals surface area contributed by atoms with Gasteiger partial charge in [0.15, 0.2) is 11.6 Å². The van der Waals surface area contributed by atoms with Crippen LogP contribution in [-0.4, -0.2) is 25.7 Å². The molecule has 0 aromatic heterocycles. The molecule has 0 aliphatic rings. The first-order valence-corrected chi connectivity index (χ1v) is 10.1. The second kappa shape index (κ2) is 23.1. The predicted octanol–water partition coefficient (Wildman–Crippen LogP) is 6.43. The molecule has 0 bridgehead atoms. The minimum atomic E-state index is -0.0389. The van der Waals surface area contributed by atoms with Crippen molar-refractivity contribution in [3.63, 3.8) is 0 Å². The minimum absolute atomic E-state index is 0.0389. The molecule has 0 spiro atoms. The number of ether oxygens (including phenoxy) is 1. The van der Waals surface area contributed by atoms with E-state index in [2.05, 4.69) is 25.1 Å². The number of allylic oxidation sites excluding steroid dienone is 12. The highest BCUT2D eigenvalue weighted by Gasteiger charge is 2.10. The van der Waals surface area contributed by atoms with Crippen LogP contribution in [-0.2, 0) is 14.3 Å². The fourth-order valence-electron chi connectivity index (χ4n) is 1.81. The molecule has 1 N–H and O–H groups in total. The van der Waals surface area contributed by atoms with Gasteiger partial charge in [-0.15, -0.1) is 6.58 Å². The average Bonchev–Trinajstić information content (AvgIpc) is 2.75. The van der Waals surface area contributed by atoms with Gasteiger partial charge in [0.25, 0.3) is 0 Å². The van der Waals surface area contributed by atoms with Gasteiger partial charge in [-0.3, -0.25) is 9.59 Å². The molecule has 0 heterocycles. The first-order valence-electron chi connectivity index (χ1n) is 10.1. The Morgan fingerprint density at radius 2 is 1.61 bits per heavy atom. The quantitative estimate of drug-likeness (QED) is 0.179. The lowest BCUT2D eigenvalue weighted by atomic mass is 10.00. The van der Waals surface area contributed by atoms with E-state index in [-0.39, 0.29) is 17.5 Å². The molecule has 4 nitrogen and oxygen atoms in total. The van der Waals surface area contributed by atoms with Crippen LogP contribution < -0.4 is 5.32 Å². The SMILES string of the molecule is C=C/C(=C\C=C\C(=O)C(C)C/C(=C/C)NC)OC.C=C/C=C\C=C(/C)C(C)=O.C=CC. The van der Waals surface area contributed by atoms with E-state index in [9.17, 15) is 9.59 Å². The van der Waals surface area contributed by atoms with Crippen LogP contribution in [0, 0.1) is 5.92 Å². The number of carbonyl (C=O) groups is 2. The maximum atomic E-state index is 11.8.